The number of ether oxygens (including phenoxy) is 2. The van der Waals surface area contributed by atoms with E-state index in [-0.39, 0.29) is 23.5 Å². The molecule has 0 aliphatic heterocycles. The van der Waals surface area contributed by atoms with Crippen LogP contribution in [0.3, 0.4) is 0 Å². The summed E-state index contributed by atoms with van der Waals surface area (Å²) in [5, 5.41) is 0. The van der Waals surface area contributed by atoms with Crippen LogP contribution in [-0.4, -0.2) is 24.6 Å². The van der Waals surface area contributed by atoms with Gasteiger partial charge in [0.25, 0.3) is 0 Å². The summed E-state index contributed by atoms with van der Waals surface area (Å²) in [6.45, 7) is 10.9. The van der Waals surface area contributed by atoms with Crippen LogP contribution in [0.25, 0.3) is 0 Å². The molecule has 0 fully saturated rings. The second-order valence-electron chi connectivity index (χ2n) is 9.81. The molecule has 0 saturated carbocycles. The molecule has 0 aromatic carbocycles. The van der Waals surface area contributed by atoms with Crippen LogP contribution in [0.1, 0.15) is 137 Å². The molecule has 0 aliphatic carbocycles. The molecule has 0 amide bonds. The molecule has 0 aliphatic rings. The second kappa shape index (κ2) is 18.7. The minimum absolute atomic E-state index is 0.0483. The summed E-state index contributed by atoms with van der Waals surface area (Å²) in [5.74, 6) is -0.322. The summed E-state index contributed by atoms with van der Waals surface area (Å²) in [6, 6.07) is 0. The van der Waals surface area contributed by atoms with Gasteiger partial charge in [-0.1, -0.05) is 98.3 Å². The van der Waals surface area contributed by atoms with Gasteiger partial charge in [-0.05, 0) is 31.6 Å². The molecule has 0 N–H and O–H groups in total. The maximum atomic E-state index is 11.8. The Morgan fingerprint density at radius 1 is 0.667 bits per heavy atom. The highest BCUT2D eigenvalue weighted by molar-refractivity contribution is 5.70. The summed E-state index contributed by atoms with van der Waals surface area (Å²) < 4.78 is 10.7. The number of carbonyl (C=O) groups excluding carboxylic acids is 2. The van der Waals surface area contributed by atoms with Crippen molar-refractivity contribution in [3.8, 4) is 0 Å². The largest absolute Gasteiger partial charge is 0.466 e. The maximum absolute atomic E-state index is 11.8. The van der Waals surface area contributed by atoms with E-state index in [0.717, 1.165) is 12.8 Å². The first-order valence-corrected chi connectivity index (χ1v) is 12.6. The summed E-state index contributed by atoms with van der Waals surface area (Å²) in [6.07, 6.45) is 17.6. The van der Waals surface area contributed by atoms with Crippen LogP contribution in [-0.2, 0) is 19.1 Å². The van der Waals surface area contributed by atoms with Gasteiger partial charge >= 0.3 is 11.9 Å². The number of rotatable bonds is 19. The Balaban J connectivity index is 3.39. The molecular formula is C26H50O4. The minimum Gasteiger partial charge on any atom is -0.466 e. The normalized spacial score (nSPS) is 12.6. The molecule has 1 unspecified atom stereocenters. The van der Waals surface area contributed by atoms with E-state index < -0.39 is 0 Å². The molecule has 4 heteroatoms. The molecule has 178 valence electrons. The van der Waals surface area contributed by atoms with Gasteiger partial charge in [0, 0.05) is 12.8 Å². The predicted octanol–water partition coefficient (Wildman–Crippen LogP) is 7.77. The molecule has 0 heterocycles. The van der Waals surface area contributed by atoms with E-state index in [9.17, 15) is 9.59 Å². The molecule has 0 rings (SSSR count). The van der Waals surface area contributed by atoms with E-state index in [0.29, 0.717) is 32.3 Å². The van der Waals surface area contributed by atoms with Crippen LogP contribution in [0.15, 0.2) is 0 Å². The van der Waals surface area contributed by atoms with Gasteiger partial charge in [0.1, 0.15) is 6.10 Å². The number of unbranched alkanes of at least 4 members (excludes halogenated alkanes) is 12. The Bertz CT molecular complexity index is 425. The zero-order chi connectivity index (χ0) is 22.7. The van der Waals surface area contributed by atoms with Crippen molar-refractivity contribution >= 4 is 11.9 Å². The lowest BCUT2D eigenvalue weighted by atomic mass is 9.90. The van der Waals surface area contributed by atoms with E-state index in [1.54, 1.807) is 0 Å². The molecule has 0 bridgehead atoms. The number of hydrogen-bond donors (Lipinski definition) is 0. The van der Waals surface area contributed by atoms with Gasteiger partial charge in [-0.3, -0.25) is 9.59 Å². The van der Waals surface area contributed by atoms with Gasteiger partial charge in [-0.15, -0.1) is 0 Å². The van der Waals surface area contributed by atoms with Gasteiger partial charge in [-0.2, -0.15) is 0 Å². The number of esters is 2. The summed E-state index contributed by atoms with van der Waals surface area (Å²) in [7, 11) is 0. The van der Waals surface area contributed by atoms with Crippen molar-refractivity contribution in [1.82, 2.24) is 0 Å². The zero-order valence-corrected chi connectivity index (χ0v) is 20.7. The van der Waals surface area contributed by atoms with Gasteiger partial charge in [-0.25, -0.2) is 0 Å². The highest BCUT2D eigenvalue weighted by Gasteiger charge is 2.23. The van der Waals surface area contributed by atoms with Crippen molar-refractivity contribution in [2.24, 2.45) is 5.41 Å². The van der Waals surface area contributed by atoms with Crippen LogP contribution in [0.2, 0.25) is 0 Å². The highest BCUT2D eigenvalue weighted by Crippen LogP contribution is 2.22. The Morgan fingerprint density at radius 3 is 1.57 bits per heavy atom. The van der Waals surface area contributed by atoms with Gasteiger partial charge in [0.2, 0.25) is 0 Å². The molecule has 0 aromatic heterocycles. The zero-order valence-electron chi connectivity index (χ0n) is 20.7. The lowest BCUT2D eigenvalue weighted by Gasteiger charge is -2.26. The maximum Gasteiger partial charge on any atom is 0.306 e. The van der Waals surface area contributed by atoms with Crippen molar-refractivity contribution in [2.45, 2.75) is 143 Å². The van der Waals surface area contributed by atoms with Crippen molar-refractivity contribution in [3.05, 3.63) is 0 Å². The first-order valence-electron chi connectivity index (χ1n) is 12.6. The molecular weight excluding hydrogens is 376 g/mol. The summed E-state index contributed by atoms with van der Waals surface area (Å²) in [4.78, 5) is 23.6. The standard InChI is InChI=1S/C26H50O4/c1-6-7-8-9-10-11-12-13-14-15-16-19-22-29-24(27)20-17-18-21-25(28)30-23(2)26(3,4)5/h23H,6-22H2,1-5H3. The minimum atomic E-state index is -0.178. The molecule has 4 nitrogen and oxygen atoms in total. The SMILES string of the molecule is CCCCCCCCCCCCCCOC(=O)CCCCC(=O)OC(C)C(C)(C)C. The molecule has 30 heavy (non-hydrogen) atoms. The van der Waals surface area contributed by atoms with Gasteiger partial charge in [0.15, 0.2) is 0 Å². The molecule has 0 radical (unpaired) electrons. The predicted molar refractivity (Wildman–Crippen MR) is 126 cm³/mol. The van der Waals surface area contributed by atoms with Crippen molar-refractivity contribution < 1.29 is 19.1 Å². The van der Waals surface area contributed by atoms with E-state index >= 15 is 0 Å². The first kappa shape index (κ1) is 28.9. The van der Waals surface area contributed by atoms with E-state index in [4.69, 9.17) is 9.47 Å². The molecule has 0 saturated heterocycles. The number of carbonyl (C=O) groups is 2. The average molecular weight is 427 g/mol. The topological polar surface area (TPSA) is 52.6 Å². The lowest BCUT2D eigenvalue weighted by molar-refractivity contribution is -0.153. The second-order valence-corrected chi connectivity index (χ2v) is 9.81. The summed E-state index contributed by atoms with van der Waals surface area (Å²) >= 11 is 0. The van der Waals surface area contributed by atoms with Crippen LogP contribution >= 0.6 is 0 Å². The fourth-order valence-corrected chi connectivity index (χ4v) is 3.17. The van der Waals surface area contributed by atoms with E-state index in [2.05, 4.69) is 27.7 Å². The van der Waals surface area contributed by atoms with Crippen LogP contribution in [0, 0.1) is 5.41 Å². The molecule has 0 aromatic rings. The third-order valence-electron chi connectivity index (χ3n) is 5.80. The van der Waals surface area contributed by atoms with Crippen molar-refractivity contribution in [1.29, 1.82) is 0 Å². The average Bonchev–Trinajstić information content (AvgIpc) is 2.68. The van der Waals surface area contributed by atoms with Gasteiger partial charge in [0.05, 0.1) is 6.61 Å². The lowest BCUT2D eigenvalue weighted by Crippen LogP contribution is -2.28. The van der Waals surface area contributed by atoms with Crippen molar-refractivity contribution in [2.75, 3.05) is 6.61 Å². The number of hydrogen-bond acceptors (Lipinski definition) is 4. The highest BCUT2D eigenvalue weighted by atomic mass is 16.5. The van der Waals surface area contributed by atoms with E-state index in [1.165, 1.54) is 64.2 Å². The summed E-state index contributed by atoms with van der Waals surface area (Å²) in [5.41, 5.74) is -0.0483. The first-order chi connectivity index (χ1) is 14.3. The van der Waals surface area contributed by atoms with E-state index in [1.807, 2.05) is 6.92 Å². The van der Waals surface area contributed by atoms with Crippen LogP contribution in [0.4, 0.5) is 0 Å². The Labute approximate surface area is 186 Å². The molecule has 0 spiro atoms. The Kier molecular flexibility index (Phi) is 18.0. The Morgan fingerprint density at radius 2 is 1.10 bits per heavy atom. The fourth-order valence-electron chi connectivity index (χ4n) is 3.17. The monoisotopic (exact) mass is 426 g/mol. The Hall–Kier alpha value is -1.06. The third-order valence-corrected chi connectivity index (χ3v) is 5.80. The molecule has 1 atom stereocenters. The third kappa shape index (κ3) is 18.9. The smallest absolute Gasteiger partial charge is 0.306 e. The fraction of sp³-hybridized carbons (Fsp3) is 0.923. The van der Waals surface area contributed by atoms with Crippen LogP contribution < -0.4 is 0 Å². The van der Waals surface area contributed by atoms with Gasteiger partial charge < -0.3 is 9.47 Å². The quantitative estimate of drug-likeness (QED) is 0.156. The van der Waals surface area contributed by atoms with Crippen molar-refractivity contribution in [3.63, 3.8) is 0 Å². The van der Waals surface area contributed by atoms with Crippen LogP contribution in [0.5, 0.6) is 0 Å².